The molecule has 0 spiro atoms. The largest absolute Gasteiger partial charge is 0.480 e. The molecule has 1 unspecified atom stereocenters. The molecule has 1 amide bonds. The lowest BCUT2D eigenvalue weighted by Gasteiger charge is -2.33. The Bertz CT molecular complexity index is 1030. The molecule has 3 heterocycles. The summed E-state index contributed by atoms with van der Waals surface area (Å²) >= 11 is 1.28. The number of rotatable bonds is 3. The standard InChI is InChI=1S/C18H17N5O3S/c1-10-15(27-16(19-10)12-6-4-3-5-7-12)17(24)23-9-14-21-20-11(2)22(14)8-13(23)18(25)26/h3-7,13H,8-9H2,1-2H3,(H,25,26). The molecule has 138 valence electrons. The second-order valence-electron chi connectivity index (χ2n) is 6.36. The van der Waals surface area contributed by atoms with Gasteiger partial charge in [0.1, 0.15) is 21.8 Å². The summed E-state index contributed by atoms with van der Waals surface area (Å²) in [5.74, 6) is -0.161. The summed E-state index contributed by atoms with van der Waals surface area (Å²) < 4.78 is 1.75. The molecular formula is C18H17N5O3S. The van der Waals surface area contributed by atoms with Crippen LogP contribution in [0.4, 0.5) is 0 Å². The highest BCUT2D eigenvalue weighted by atomic mass is 32.1. The van der Waals surface area contributed by atoms with Crippen LogP contribution in [0.5, 0.6) is 0 Å². The molecule has 0 radical (unpaired) electrons. The first kappa shape index (κ1) is 17.3. The van der Waals surface area contributed by atoms with Gasteiger partial charge in [0.05, 0.1) is 18.8 Å². The average molecular weight is 383 g/mol. The third kappa shape index (κ3) is 2.99. The number of fused-ring (bicyclic) bond motifs is 1. The summed E-state index contributed by atoms with van der Waals surface area (Å²) in [4.78, 5) is 31.3. The van der Waals surface area contributed by atoms with Crippen LogP contribution >= 0.6 is 11.3 Å². The molecule has 0 saturated heterocycles. The molecule has 0 saturated carbocycles. The Balaban J connectivity index is 1.69. The molecule has 4 rings (SSSR count). The molecular weight excluding hydrogens is 366 g/mol. The summed E-state index contributed by atoms with van der Waals surface area (Å²) in [5.41, 5.74) is 1.52. The van der Waals surface area contributed by atoms with E-state index in [4.69, 9.17) is 0 Å². The SMILES string of the molecule is Cc1nc(-c2ccccc2)sc1C(=O)N1Cc2nnc(C)n2CC1C(=O)O. The number of benzene rings is 1. The predicted molar refractivity (Wildman–Crippen MR) is 98.3 cm³/mol. The van der Waals surface area contributed by atoms with Crippen molar-refractivity contribution in [2.24, 2.45) is 0 Å². The molecule has 1 aromatic carbocycles. The molecule has 0 aliphatic carbocycles. The number of hydrogen-bond donors (Lipinski definition) is 1. The van der Waals surface area contributed by atoms with Crippen LogP contribution in [0, 0.1) is 13.8 Å². The Morgan fingerprint density at radius 1 is 1.19 bits per heavy atom. The van der Waals surface area contributed by atoms with Gasteiger partial charge in [-0.1, -0.05) is 30.3 Å². The van der Waals surface area contributed by atoms with Crippen molar-refractivity contribution in [2.45, 2.75) is 33.0 Å². The fourth-order valence-corrected chi connectivity index (χ4v) is 4.20. The van der Waals surface area contributed by atoms with Crippen LogP contribution in [0.1, 0.15) is 27.0 Å². The number of carbonyl (C=O) groups excluding carboxylic acids is 1. The molecule has 9 heteroatoms. The maximum atomic E-state index is 13.2. The summed E-state index contributed by atoms with van der Waals surface area (Å²) in [6.07, 6.45) is 0. The Morgan fingerprint density at radius 3 is 2.63 bits per heavy atom. The number of thiazole rings is 1. The summed E-state index contributed by atoms with van der Waals surface area (Å²) in [7, 11) is 0. The Morgan fingerprint density at radius 2 is 1.93 bits per heavy atom. The molecule has 8 nitrogen and oxygen atoms in total. The zero-order chi connectivity index (χ0) is 19.1. The van der Waals surface area contributed by atoms with Crippen molar-refractivity contribution in [3.8, 4) is 10.6 Å². The predicted octanol–water partition coefficient (Wildman–Crippen LogP) is 2.13. The molecule has 1 N–H and O–H groups in total. The zero-order valence-corrected chi connectivity index (χ0v) is 15.6. The number of aliphatic carboxylic acids is 1. The summed E-state index contributed by atoms with van der Waals surface area (Å²) in [6, 6.07) is 8.62. The minimum absolute atomic E-state index is 0.106. The summed E-state index contributed by atoms with van der Waals surface area (Å²) in [5, 5.41) is 18.4. The topological polar surface area (TPSA) is 101 Å². The first-order valence-electron chi connectivity index (χ1n) is 8.41. The molecule has 1 aliphatic heterocycles. The number of amides is 1. The highest BCUT2D eigenvalue weighted by Crippen LogP contribution is 2.30. The number of carboxylic acids is 1. The van der Waals surface area contributed by atoms with Gasteiger partial charge in [-0.25, -0.2) is 9.78 Å². The molecule has 1 atom stereocenters. The van der Waals surface area contributed by atoms with Crippen LogP contribution in [0.2, 0.25) is 0 Å². The van der Waals surface area contributed by atoms with Crippen LogP contribution in [0.3, 0.4) is 0 Å². The second-order valence-corrected chi connectivity index (χ2v) is 7.36. The second kappa shape index (κ2) is 6.58. The maximum absolute atomic E-state index is 13.2. The van der Waals surface area contributed by atoms with Crippen LogP contribution in [-0.4, -0.2) is 47.7 Å². The van der Waals surface area contributed by atoms with Gasteiger partial charge in [-0.2, -0.15) is 0 Å². The highest BCUT2D eigenvalue weighted by Gasteiger charge is 2.38. The van der Waals surface area contributed by atoms with Crippen LogP contribution in [0.25, 0.3) is 10.6 Å². The van der Waals surface area contributed by atoms with Gasteiger partial charge in [0.2, 0.25) is 0 Å². The van der Waals surface area contributed by atoms with Crippen molar-refractivity contribution in [1.29, 1.82) is 0 Å². The highest BCUT2D eigenvalue weighted by molar-refractivity contribution is 7.17. The first-order valence-corrected chi connectivity index (χ1v) is 9.22. The number of aromatic nitrogens is 4. The Hall–Kier alpha value is -3.07. The Kier molecular flexibility index (Phi) is 4.23. The quantitative estimate of drug-likeness (QED) is 0.743. The van der Waals surface area contributed by atoms with Gasteiger partial charge in [0, 0.05) is 5.56 Å². The van der Waals surface area contributed by atoms with Gasteiger partial charge in [-0.3, -0.25) is 4.79 Å². The number of carbonyl (C=O) groups is 2. The lowest BCUT2D eigenvalue weighted by atomic mass is 10.1. The van der Waals surface area contributed by atoms with E-state index in [1.807, 2.05) is 30.3 Å². The van der Waals surface area contributed by atoms with Crippen molar-refractivity contribution in [3.05, 3.63) is 52.6 Å². The third-order valence-corrected chi connectivity index (χ3v) is 5.81. The average Bonchev–Trinajstić information content (AvgIpc) is 3.24. The van der Waals surface area contributed by atoms with Crippen LogP contribution in [-0.2, 0) is 17.9 Å². The van der Waals surface area contributed by atoms with Gasteiger partial charge >= 0.3 is 5.97 Å². The number of hydrogen-bond acceptors (Lipinski definition) is 6. The van der Waals surface area contributed by atoms with E-state index in [-0.39, 0.29) is 19.0 Å². The minimum Gasteiger partial charge on any atom is -0.480 e. The van der Waals surface area contributed by atoms with Gasteiger partial charge in [-0.05, 0) is 13.8 Å². The molecule has 0 fully saturated rings. The van der Waals surface area contributed by atoms with Gasteiger partial charge in [-0.15, -0.1) is 21.5 Å². The van der Waals surface area contributed by atoms with Crippen LogP contribution in [0.15, 0.2) is 30.3 Å². The fraction of sp³-hybridized carbons (Fsp3) is 0.278. The molecule has 2 aromatic heterocycles. The number of aryl methyl sites for hydroxylation is 2. The van der Waals surface area contributed by atoms with Crippen LogP contribution < -0.4 is 0 Å². The van der Waals surface area contributed by atoms with Gasteiger partial charge in [0.25, 0.3) is 5.91 Å². The molecule has 3 aromatic rings. The zero-order valence-electron chi connectivity index (χ0n) is 14.8. The van der Waals surface area contributed by atoms with Gasteiger partial charge in [0.15, 0.2) is 5.82 Å². The first-order chi connectivity index (χ1) is 13.0. The van der Waals surface area contributed by atoms with E-state index < -0.39 is 12.0 Å². The van der Waals surface area contributed by atoms with E-state index >= 15 is 0 Å². The van der Waals surface area contributed by atoms with Crippen molar-refractivity contribution >= 4 is 23.2 Å². The fourth-order valence-electron chi connectivity index (χ4n) is 3.17. The summed E-state index contributed by atoms with van der Waals surface area (Å²) in [6.45, 7) is 3.78. The number of carboxylic acid groups (broad SMARTS) is 1. The van der Waals surface area contributed by atoms with E-state index in [1.165, 1.54) is 16.2 Å². The normalized spacial score (nSPS) is 16.2. The molecule has 1 aliphatic rings. The van der Waals surface area contributed by atoms with E-state index in [1.54, 1.807) is 18.4 Å². The third-order valence-electron chi connectivity index (χ3n) is 4.61. The Labute approximate surface area is 159 Å². The smallest absolute Gasteiger partial charge is 0.328 e. The van der Waals surface area contributed by atoms with E-state index in [0.29, 0.717) is 22.2 Å². The van der Waals surface area contributed by atoms with Crippen molar-refractivity contribution in [2.75, 3.05) is 0 Å². The van der Waals surface area contributed by atoms with Crippen molar-refractivity contribution < 1.29 is 14.7 Å². The van der Waals surface area contributed by atoms with Gasteiger partial charge < -0.3 is 14.6 Å². The van der Waals surface area contributed by atoms with Crippen molar-refractivity contribution in [3.63, 3.8) is 0 Å². The van der Waals surface area contributed by atoms with E-state index in [9.17, 15) is 14.7 Å². The van der Waals surface area contributed by atoms with E-state index in [0.717, 1.165) is 10.6 Å². The minimum atomic E-state index is -1.05. The number of nitrogens with zero attached hydrogens (tertiary/aromatic N) is 5. The maximum Gasteiger partial charge on any atom is 0.328 e. The molecule has 27 heavy (non-hydrogen) atoms. The lowest BCUT2D eigenvalue weighted by Crippen LogP contribution is -2.50. The molecule has 0 bridgehead atoms. The lowest BCUT2D eigenvalue weighted by molar-refractivity contribution is -0.143. The monoisotopic (exact) mass is 383 g/mol. The van der Waals surface area contributed by atoms with Crippen molar-refractivity contribution in [1.82, 2.24) is 24.6 Å². The van der Waals surface area contributed by atoms with E-state index in [2.05, 4.69) is 15.2 Å².